The van der Waals surface area contributed by atoms with Gasteiger partial charge in [-0.2, -0.15) is 0 Å². The lowest BCUT2D eigenvalue weighted by atomic mass is 10.1. The molecule has 0 aliphatic carbocycles. The second-order valence-electron chi connectivity index (χ2n) is 7.11. The number of para-hydroxylation sites is 2. The minimum absolute atomic E-state index is 0.290. The number of carbonyl (C=O) groups is 1. The van der Waals surface area contributed by atoms with Gasteiger partial charge in [0.1, 0.15) is 17.1 Å². The summed E-state index contributed by atoms with van der Waals surface area (Å²) in [4.78, 5) is 21.7. The van der Waals surface area contributed by atoms with Crippen LogP contribution in [0, 0.1) is 6.92 Å². The van der Waals surface area contributed by atoms with Gasteiger partial charge in [0.25, 0.3) is 0 Å². The van der Waals surface area contributed by atoms with Gasteiger partial charge in [-0.05, 0) is 38.1 Å². The summed E-state index contributed by atoms with van der Waals surface area (Å²) >= 11 is 0. The largest absolute Gasteiger partial charge is 0.492 e. The highest BCUT2D eigenvalue weighted by Gasteiger charge is 2.14. The molecule has 2 heterocycles. The molecule has 0 unspecified atom stereocenters. The number of pyridine rings is 1. The number of anilines is 1. The number of nitrogens with zero attached hydrogens (tertiary/aromatic N) is 3. The van der Waals surface area contributed by atoms with E-state index in [2.05, 4.69) is 46.8 Å². The molecule has 7 heteroatoms. The van der Waals surface area contributed by atoms with Crippen molar-refractivity contribution < 1.29 is 9.53 Å². The normalized spacial score (nSPS) is 10.8. The number of benzene rings is 2. The van der Waals surface area contributed by atoms with Gasteiger partial charge in [-0.1, -0.05) is 42.0 Å². The zero-order valence-corrected chi connectivity index (χ0v) is 17.6. The average molecular weight is 415 g/mol. The van der Waals surface area contributed by atoms with Crippen LogP contribution >= 0.6 is 0 Å². The van der Waals surface area contributed by atoms with E-state index >= 15 is 0 Å². The molecule has 0 aliphatic heterocycles. The Morgan fingerprint density at radius 3 is 2.68 bits per heavy atom. The summed E-state index contributed by atoms with van der Waals surface area (Å²) in [5.41, 5.74) is 4.46. The summed E-state index contributed by atoms with van der Waals surface area (Å²) in [6.07, 6.45) is 1.75. The molecular formula is C24H25N5O2. The molecule has 158 valence electrons. The number of nitrogens with one attached hydrogen (secondary N) is 2. The van der Waals surface area contributed by atoms with Crippen molar-refractivity contribution in [2.45, 2.75) is 20.4 Å². The van der Waals surface area contributed by atoms with Gasteiger partial charge < -0.3 is 19.9 Å². The first-order chi connectivity index (χ1) is 15.2. The second kappa shape index (κ2) is 9.30. The zero-order chi connectivity index (χ0) is 21.6. The van der Waals surface area contributed by atoms with Crippen molar-refractivity contribution in [1.29, 1.82) is 0 Å². The van der Waals surface area contributed by atoms with Crippen molar-refractivity contribution in [1.82, 2.24) is 19.9 Å². The maximum Gasteiger partial charge on any atom is 0.319 e. The maximum atomic E-state index is 12.4. The van der Waals surface area contributed by atoms with E-state index < -0.39 is 0 Å². The third-order valence-electron chi connectivity index (χ3n) is 4.87. The van der Waals surface area contributed by atoms with Crippen LogP contribution in [-0.2, 0) is 6.54 Å². The number of aromatic nitrogens is 3. The van der Waals surface area contributed by atoms with Crippen molar-refractivity contribution in [2.24, 2.45) is 0 Å². The van der Waals surface area contributed by atoms with Crippen molar-refractivity contribution >= 4 is 22.9 Å². The third-order valence-corrected chi connectivity index (χ3v) is 4.87. The molecule has 0 spiro atoms. The van der Waals surface area contributed by atoms with Crippen LogP contribution in [0.1, 0.15) is 12.5 Å². The minimum Gasteiger partial charge on any atom is -0.492 e. The first kappa shape index (κ1) is 20.4. The lowest BCUT2D eigenvalue weighted by Crippen LogP contribution is -2.31. The molecule has 7 nitrogen and oxygen atoms in total. The van der Waals surface area contributed by atoms with Crippen LogP contribution in [0.2, 0.25) is 0 Å². The van der Waals surface area contributed by atoms with Gasteiger partial charge >= 0.3 is 6.03 Å². The van der Waals surface area contributed by atoms with Crippen LogP contribution in [0.15, 0.2) is 66.9 Å². The van der Waals surface area contributed by atoms with E-state index in [-0.39, 0.29) is 6.03 Å². The summed E-state index contributed by atoms with van der Waals surface area (Å²) in [5.74, 6) is 1.48. The number of urea groups is 1. The molecule has 2 N–H and O–H groups in total. The number of aryl methyl sites for hydroxylation is 1. The molecule has 0 aliphatic rings. The predicted octanol–water partition coefficient (Wildman–Crippen LogP) is 4.63. The summed E-state index contributed by atoms with van der Waals surface area (Å²) in [7, 11) is 0. The van der Waals surface area contributed by atoms with Crippen molar-refractivity contribution in [3.05, 3.63) is 72.4 Å². The smallest absolute Gasteiger partial charge is 0.319 e. The Morgan fingerprint density at radius 1 is 1.06 bits per heavy atom. The Kier molecular flexibility index (Phi) is 6.12. The van der Waals surface area contributed by atoms with Gasteiger partial charge in [0.05, 0.1) is 12.3 Å². The highest BCUT2D eigenvalue weighted by atomic mass is 16.5. The number of amides is 2. The fraction of sp³-hybridized carbons (Fsp3) is 0.208. The van der Waals surface area contributed by atoms with Crippen molar-refractivity contribution in [2.75, 3.05) is 18.5 Å². The third kappa shape index (κ3) is 4.66. The van der Waals surface area contributed by atoms with Gasteiger partial charge in [0.2, 0.25) is 0 Å². The minimum atomic E-state index is -0.290. The molecule has 31 heavy (non-hydrogen) atoms. The molecule has 2 aromatic carbocycles. The number of rotatable bonds is 7. The monoisotopic (exact) mass is 415 g/mol. The zero-order valence-electron chi connectivity index (χ0n) is 17.6. The molecule has 0 atom stereocenters. The topological polar surface area (TPSA) is 81.1 Å². The number of hydrogen-bond acceptors (Lipinski definition) is 4. The lowest BCUT2D eigenvalue weighted by Gasteiger charge is -2.13. The molecule has 0 saturated heterocycles. The van der Waals surface area contributed by atoms with E-state index in [1.54, 1.807) is 6.20 Å². The van der Waals surface area contributed by atoms with Crippen LogP contribution in [0.4, 0.5) is 10.5 Å². The number of fused-ring (bicyclic) bond motifs is 1. The van der Waals surface area contributed by atoms with Gasteiger partial charge in [-0.15, -0.1) is 0 Å². The molecule has 0 radical (unpaired) electrons. The Labute approximate surface area is 181 Å². The Hall–Kier alpha value is -3.87. The summed E-state index contributed by atoms with van der Waals surface area (Å²) in [6.45, 7) is 5.45. The van der Waals surface area contributed by atoms with E-state index in [9.17, 15) is 4.79 Å². The maximum absolute atomic E-state index is 12.4. The fourth-order valence-electron chi connectivity index (χ4n) is 3.39. The molecule has 4 aromatic rings. The Morgan fingerprint density at radius 2 is 1.87 bits per heavy atom. The summed E-state index contributed by atoms with van der Waals surface area (Å²) in [6, 6.07) is 19.1. The van der Waals surface area contributed by atoms with Crippen molar-refractivity contribution in [3.63, 3.8) is 0 Å². The van der Waals surface area contributed by atoms with Gasteiger partial charge in [0, 0.05) is 24.8 Å². The molecule has 4 rings (SSSR count). The summed E-state index contributed by atoms with van der Waals surface area (Å²) < 4.78 is 7.60. The van der Waals surface area contributed by atoms with Crippen LogP contribution in [-0.4, -0.2) is 33.7 Å². The molecule has 0 fully saturated rings. The standard InChI is InChI=1S/C24H25N5O2/c1-3-31-21-9-5-4-7-19(21)28-24(30)26-15-16-29-22(18-12-10-17(2)11-13-18)27-20-8-6-14-25-23(20)29/h4-14H,3,15-16H2,1-2H3,(H2,26,28,30). The van der Waals surface area contributed by atoms with Crippen molar-refractivity contribution in [3.8, 4) is 17.1 Å². The number of ether oxygens (including phenoxy) is 1. The SMILES string of the molecule is CCOc1ccccc1NC(=O)NCCn1c(-c2ccc(C)cc2)nc2cccnc21. The average Bonchev–Trinajstić information content (AvgIpc) is 3.14. The van der Waals surface area contributed by atoms with E-state index in [4.69, 9.17) is 9.72 Å². The summed E-state index contributed by atoms with van der Waals surface area (Å²) in [5, 5.41) is 5.76. The van der Waals surface area contributed by atoms with E-state index in [0.29, 0.717) is 31.1 Å². The second-order valence-corrected chi connectivity index (χ2v) is 7.11. The Bertz CT molecular complexity index is 1180. The van der Waals surface area contributed by atoms with E-state index in [1.807, 2.05) is 47.9 Å². The van der Waals surface area contributed by atoms with Crippen LogP contribution in [0.25, 0.3) is 22.6 Å². The van der Waals surface area contributed by atoms with Crippen LogP contribution in [0.3, 0.4) is 0 Å². The molecular weight excluding hydrogens is 390 g/mol. The van der Waals surface area contributed by atoms with E-state index in [1.165, 1.54) is 5.56 Å². The van der Waals surface area contributed by atoms with Gasteiger partial charge in [0.15, 0.2) is 5.65 Å². The molecule has 2 aromatic heterocycles. The molecule has 0 bridgehead atoms. The lowest BCUT2D eigenvalue weighted by molar-refractivity contribution is 0.251. The Balaban J connectivity index is 1.48. The van der Waals surface area contributed by atoms with Gasteiger partial charge in [-0.25, -0.2) is 14.8 Å². The fourth-order valence-corrected chi connectivity index (χ4v) is 3.39. The predicted molar refractivity (Wildman–Crippen MR) is 122 cm³/mol. The quantitative estimate of drug-likeness (QED) is 0.461. The first-order valence-corrected chi connectivity index (χ1v) is 10.3. The van der Waals surface area contributed by atoms with Crippen LogP contribution < -0.4 is 15.4 Å². The van der Waals surface area contributed by atoms with E-state index in [0.717, 1.165) is 22.6 Å². The molecule has 0 saturated carbocycles. The van der Waals surface area contributed by atoms with Crippen LogP contribution in [0.5, 0.6) is 5.75 Å². The molecule has 2 amide bonds. The highest BCUT2D eigenvalue weighted by Crippen LogP contribution is 2.25. The highest BCUT2D eigenvalue weighted by molar-refractivity contribution is 5.90. The van der Waals surface area contributed by atoms with Gasteiger partial charge in [-0.3, -0.25) is 0 Å². The number of carbonyl (C=O) groups excluding carboxylic acids is 1. The first-order valence-electron chi connectivity index (χ1n) is 10.3. The number of hydrogen-bond donors (Lipinski definition) is 2. The number of imidazole rings is 1.